The first-order chi connectivity index (χ1) is 17.9. The Morgan fingerprint density at radius 2 is 1.81 bits per heavy atom. The van der Waals surface area contributed by atoms with Gasteiger partial charge in [-0.05, 0) is 60.4 Å². The summed E-state index contributed by atoms with van der Waals surface area (Å²) in [7, 11) is 1.55. The third kappa shape index (κ3) is 6.11. The fourth-order valence-corrected chi connectivity index (χ4v) is 4.09. The van der Waals surface area contributed by atoms with Crippen molar-refractivity contribution in [3.63, 3.8) is 0 Å². The smallest absolute Gasteiger partial charge is 0.249 e. The number of carbonyl (C=O) groups excluding carboxylic acids is 2. The molecular weight excluding hydrogens is 473 g/mol. The molecule has 4 rings (SSSR count). The van der Waals surface area contributed by atoms with E-state index in [2.05, 4.69) is 29.5 Å². The van der Waals surface area contributed by atoms with E-state index < -0.39 is 17.8 Å². The number of benzene rings is 3. The number of amides is 2. The van der Waals surface area contributed by atoms with E-state index in [1.807, 2.05) is 18.2 Å². The first-order valence-corrected chi connectivity index (χ1v) is 12.1. The molecule has 0 aliphatic carbocycles. The van der Waals surface area contributed by atoms with Gasteiger partial charge in [0.1, 0.15) is 29.7 Å². The SMILES string of the molecule is COc1ccc([C@@H](C(=O)NCCC(C)C)N(C(=O)Cn2nnc3ccccc32)c2cccc(F)c2)cc1. The maximum atomic E-state index is 14.4. The van der Waals surface area contributed by atoms with Crippen LogP contribution in [0.1, 0.15) is 31.9 Å². The minimum absolute atomic E-state index is 0.192. The normalized spacial score (nSPS) is 11.9. The molecule has 192 valence electrons. The van der Waals surface area contributed by atoms with Crippen molar-refractivity contribution in [1.29, 1.82) is 0 Å². The number of methoxy groups -OCH3 is 1. The minimum Gasteiger partial charge on any atom is -0.497 e. The van der Waals surface area contributed by atoms with Crippen LogP contribution in [0.5, 0.6) is 5.75 Å². The third-order valence-corrected chi connectivity index (χ3v) is 6.02. The number of nitrogens with one attached hydrogen (secondary N) is 1. The Hall–Kier alpha value is -4.27. The standard InChI is InChI=1S/C28H30FN5O3/c1-19(2)15-16-30-28(36)27(20-11-13-23(37-3)14-12-20)34(22-8-6-7-21(29)17-22)26(35)18-33-25-10-5-4-9-24(25)31-32-33/h4-14,17,19,27H,15-16,18H2,1-3H3,(H,30,36)/t27-/m0/s1. The number of hydrogen-bond donors (Lipinski definition) is 1. The number of rotatable bonds is 10. The topological polar surface area (TPSA) is 89.4 Å². The van der Waals surface area contributed by atoms with Gasteiger partial charge in [-0.2, -0.15) is 0 Å². The fraction of sp³-hybridized carbons (Fsp3) is 0.286. The number of halogens is 1. The fourth-order valence-electron chi connectivity index (χ4n) is 4.09. The summed E-state index contributed by atoms with van der Waals surface area (Å²) in [5.41, 5.74) is 2.14. The summed E-state index contributed by atoms with van der Waals surface area (Å²) in [4.78, 5) is 28.9. The van der Waals surface area contributed by atoms with E-state index in [1.54, 1.807) is 43.5 Å². The Labute approximate surface area is 215 Å². The van der Waals surface area contributed by atoms with Gasteiger partial charge in [-0.15, -0.1) is 5.10 Å². The Morgan fingerprint density at radius 1 is 1.05 bits per heavy atom. The molecule has 0 spiro atoms. The van der Waals surface area contributed by atoms with E-state index in [9.17, 15) is 14.0 Å². The summed E-state index contributed by atoms with van der Waals surface area (Å²) >= 11 is 0. The first-order valence-electron chi connectivity index (χ1n) is 12.1. The molecule has 4 aromatic rings. The van der Waals surface area contributed by atoms with Crippen LogP contribution < -0.4 is 15.0 Å². The molecule has 0 saturated carbocycles. The van der Waals surface area contributed by atoms with Gasteiger partial charge in [-0.1, -0.05) is 49.4 Å². The average molecular weight is 504 g/mol. The van der Waals surface area contributed by atoms with Crippen LogP contribution in [0.15, 0.2) is 72.8 Å². The van der Waals surface area contributed by atoms with Crippen molar-refractivity contribution in [2.75, 3.05) is 18.6 Å². The molecule has 8 nitrogen and oxygen atoms in total. The number of hydrogen-bond acceptors (Lipinski definition) is 5. The lowest BCUT2D eigenvalue weighted by atomic mass is 10.0. The van der Waals surface area contributed by atoms with Crippen LogP contribution >= 0.6 is 0 Å². The lowest BCUT2D eigenvalue weighted by Crippen LogP contribution is -2.45. The summed E-state index contributed by atoms with van der Waals surface area (Å²) < 4.78 is 21.1. The predicted octanol–water partition coefficient (Wildman–Crippen LogP) is 4.52. The highest BCUT2D eigenvalue weighted by Gasteiger charge is 2.33. The molecule has 1 atom stereocenters. The number of para-hydroxylation sites is 1. The highest BCUT2D eigenvalue weighted by molar-refractivity contribution is 6.01. The Kier molecular flexibility index (Phi) is 8.12. The Balaban J connectivity index is 1.76. The van der Waals surface area contributed by atoms with Gasteiger partial charge in [0.15, 0.2) is 0 Å². The molecule has 3 aromatic carbocycles. The molecule has 0 aliphatic heterocycles. The van der Waals surface area contributed by atoms with Crippen LogP contribution in [-0.2, 0) is 16.1 Å². The number of ether oxygens (including phenoxy) is 1. The van der Waals surface area contributed by atoms with Gasteiger partial charge in [0, 0.05) is 12.2 Å². The van der Waals surface area contributed by atoms with Crippen molar-refractivity contribution in [3.8, 4) is 5.75 Å². The van der Waals surface area contributed by atoms with Gasteiger partial charge in [-0.3, -0.25) is 14.5 Å². The van der Waals surface area contributed by atoms with Crippen LogP contribution in [-0.4, -0.2) is 40.5 Å². The molecule has 0 aliphatic rings. The zero-order valence-corrected chi connectivity index (χ0v) is 21.1. The lowest BCUT2D eigenvalue weighted by Gasteiger charge is -2.31. The van der Waals surface area contributed by atoms with Gasteiger partial charge in [0.05, 0.1) is 12.6 Å². The quantitative estimate of drug-likeness (QED) is 0.344. The van der Waals surface area contributed by atoms with E-state index in [0.29, 0.717) is 34.8 Å². The Bertz CT molecular complexity index is 1370. The van der Waals surface area contributed by atoms with E-state index in [-0.39, 0.29) is 18.1 Å². The number of carbonyl (C=O) groups is 2. The minimum atomic E-state index is -1.05. The molecule has 37 heavy (non-hydrogen) atoms. The van der Waals surface area contributed by atoms with Gasteiger partial charge in [-0.25, -0.2) is 9.07 Å². The number of anilines is 1. The number of aromatic nitrogens is 3. The zero-order chi connectivity index (χ0) is 26.4. The van der Waals surface area contributed by atoms with Gasteiger partial charge in [0.2, 0.25) is 11.8 Å². The molecule has 2 amide bonds. The summed E-state index contributed by atoms with van der Waals surface area (Å²) in [6.45, 7) is 4.39. The van der Waals surface area contributed by atoms with Gasteiger partial charge in [0.25, 0.3) is 0 Å². The van der Waals surface area contributed by atoms with Crippen LogP contribution in [0.3, 0.4) is 0 Å². The average Bonchev–Trinajstić information content (AvgIpc) is 3.29. The summed E-state index contributed by atoms with van der Waals surface area (Å²) in [5.74, 6) is -0.329. The van der Waals surface area contributed by atoms with E-state index in [4.69, 9.17) is 4.74 Å². The molecule has 0 bridgehead atoms. The molecule has 1 heterocycles. The van der Waals surface area contributed by atoms with Gasteiger partial charge < -0.3 is 10.1 Å². The van der Waals surface area contributed by atoms with Crippen LogP contribution in [0.25, 0.3) is 11.0 Å². The number of nitrogens with zero attached hydrogens (tertiary/aromatic N) is 4. The van der Waals surface area contributed by atoms with Crippen molar-refractivity contribution >= 4 is 28.5 Å². The lowest BCUT2D eigenvalue weighted by molar-refractivity contribution is -0.127. The molecule has 1 N–H and O–H groups in total. The second-order valence-electron chi connectivity index (χ2n) is 9.13. The van der Waals surface area contributed by atoms with Gasteiger partial charge >= 0.3 is 0 Å². The largest absolute Gasteiger partial charge is 0.497 e. The van der Waals surface area contributed by atoms with Crippen molar-refractivity contribution < 1.29 is 18.7 Å². The van der Waals surface area contributed by atoms with Crippen LogP contribution in [0.4, 0.5) is 10.1 Å². The second kappa shape index (κ2) is 11.6. The van der Waals surface area contributed by atoms with E-state index >= 15 is 0 Å². The molecule has 0 radical (unpaired) electrons. The summed E-state index contributed by atoms with van der Waals surface area (Å²) in [6, 6.07) is 18.8. The first kappa shape index (κ1) is 25.8. The number of fused-ring (bicyclic) bond motifs is 1. The molecule has 0 unspecified atom stereocenters. The summed E-state index contributed by atoms with van der Waals surface area (Å²) in [6.07, 6.45) is 0.778. The monoisotopic (exact) mass is 503 g/mol. The van der Waals surface area contributed by atoms with Crippen LogP contribution in [0.2, 0.25) is 0 Å². The molecule has 0 saturated heterocycles. The highest BCUT2D eigenvalue weighted by atomic mass is 19.1. The maximum Gasteiger partial charge on any atom is 0.249 e. The zero-order valence-electron chi connectivity index (χ0n) is 21.1. The molecule has 0 fully saturated rings. The third-order valence-electron chi connectivity index (χ3n) is 6.02. The summed E-state index contributed by atoms with van der Waals surface area (Å²) in [5, 5.41) is 11.2. The van der Waals surface area contributed by atoms with Crippen molar-refractivity contribution in [3.05, 3.63) is 84.2 Å². The predicted molar refractivity (Wildman–Crippen MR) is 140 cm³/mol. The molecular formula is C28H30FN5O3. The maximum absolute atomic E-state index is 14.4. The van der Waals surface area contributed by atoms with E-state index in [0.717, 1.165) is 6.42 Å². The van der Waals surface area contributed by atoms with Crippen molar-refractivity contribution in [2.24, 2.45) is 5.92 Å². The van der Waals surface area contributed by atoms with Crippen LogP contribution in [0, 0.1) is 11.7 Å². The van der Waals surface area contributed by atoms with E-state index in [1.165, 1.54) is 27.8 Å². The molecule has 9 heteroatoms. The van der Waals surface area contributed by atoms with Crippen molar-refractivity contribution in [2.45, 2.75) is 32.9 Å². The Morgan fingerprint density at radius 3 is 2.51 bits per heavy atom. The second-order valence-corrected chi connectivity index (χ2v) is 9.13. The molecule has 1 aromatic heterocycles. The van der Waals surface area contributed by atoms with Crippen molar-refractivity contribution in [1.82, 2.24) is 20.3 Å². The highest BCUT2D eigenvalue weighted by Crippen LogP contribution is 2.30.